The highest BCUT2D eigenvalue weighted by atomic mass is 32.2. The van der Waals surface area contributed by atoms with Gasteiger partial charge in [0, 0.05) is 39.1 Å². The van der Waals surface area contributed by atoms with E-state index in [4.69, 9.17) is 0 Å². The standard InChI is InChI=1S/C16H30N2O2S2/c1-3-21-14-9-8-13(10-14)18-16(19)17-12-6-5-7-15(11-12)22(20)4-2/h12-15H,3-11H2,1-2H3,(H2,17,18,19)/t12-,13+,14-,15-,22-/m1/s1. The molecule has 2 fully saturated rings. The molecule has 0 bridgehead atoms. The van der Waals surface area contributed by atoms with Crippen molar-refractivity contribution >= 4 is 28.6 Å². The van der Waals surface area contributed by atoms with E-state index in [1.807, 2.05) is 18.7 Å². The molecule has 2 aliphatic carbocycles. The maximum Gasteiger partial charge on any atom is 0.315 e. The molecule has 22 heavy (non-hydrogen) atoms. The topological polar surface area (TPSA) is 58.2 Å². The zero-order valence-electron chi connectivity index (χ0n) is 13.8. The van der Waals surface area contributed by atoms with Gasteiger partial charge in [0.05, 0.1) is 0 Å². The Morgan fingerprint density at radius 1 is 1.09 bits per heavy atom. The van der Waals surface area contributed by atoms with E-state index in [0.717, 1.165) is 50.0 Å². The van der Waals surface area contributed by atoms with Crippen molar-refractivity contribution in [3.05, 3.63) is 0 Å². The van der Waals surface area contributed by atoms with E-state index in [2.05, 4.69) is 17.6 Å². The average Bonchev–Trinajstić information content (AvgIpc) is 2.94. The second-order valence-electron chi connectivity index (χ2n) is 6.36. The number of carbonyl (C=O) groups is 1. The van der Waals surface area contributed by atoms with Crippen molar-refractivity contribution < 1.29 is 9.00 Å². The number of rotatable bonds is 6. The molecule has 0 aromatic rings. The minimum absolute atomic E-state index is 0.0277. The van der Waals surface area contributed by atoms with Crippen LogP contribution in [-0.4, -0.2) is 44.3 Å². The Morgan fingerprint density at radius 3 is 2.50 bits per heavy atom. The third kappa shape index (κ3) is 5.44. The summed E-state index contributed by atoms with van der Waals surface area (Å²) in [6, 6.07) is 0.491. The fourth-order valence-electron chi connectivity index (χ4n) is 3.62. The molecule has 2 aliphatic rings. The predicted molar refractivity (Wildman–Crippen MR) is 96.0 cm³/mol. The monoisotopic (exact) mass is 346 g/mol. The molecule has 2 rings (SSSR count). The molecule has 2 N–H and O–H groups in total. The number of urea groups is 1. The lowest BCUT2D eigenvalue weighted by Gasteiger charge is -2.29. The van der Waals surface area contributed by atoms with Crippen LogP contribution in [0.3, 0.4) is 0 Å². The van der Waals surface area contributed by atoms with Crippen LogP contribution >= 0.6 is 11.8 Å². The fourth-order valence-corrected chi connectivity index (χ4v) is 6.11. The van der Waals surface area contributed by atoms with Gasteiger partial charge in [-0.1, -0.05) is 20.3 Å². The summed E-state index contributed by atoms with van der Waals surface area (Å²) in [4.78, 5) is 12.2. The molecule has 0 aromatic heterocycles. The Bertz CT molecular complexity index is 392. The molecule has 0 radical (unpaired) electrons. The van der Waals surface area contributed by atoms with Gasteiger partial charge in [-0.15, -0.1) is 0 Å². The summed E-state index contributed by atoms with van der Waals surface area (Å²) in [6.07, 6.45) is 7.40. The normalized spacial score (nSPS) is 33.4. The lowest BCUT2D eigenvalue weighted by atomic mass is 9.95. The third-order valence-corrected chi connectivity index (χ3v) is 7.71. The third-order valence-electron chi connectivity index (χ3n) is 4.74. The van der Waals surface area contributed by atoms with Crippen LogP contribution in [0.4, 0.5) is 4.79 Å². The highest BCUT2D eigenvalue weighted by Gasteiger charge is 2.29. The molecule has 0 aromatic carbocycles. The summed E-state index contributed by atoms with van der Waals surface area (Å²) in [5.41, 5.74) is 0. The summed E-state index contributed by atoms with van der Waals surface area (Å²) < 4.78 is 12.0. The SMILES string of the molecule is CCS[C@@H]1CC[C@H](NC(=O)N[C@@H]2CCC[C@@H]([S@](=O)CC)C2)C1. The molecule has 5 atom stereocenters. The smallest absolute Gasteiger partial charge is 0.315 e. The summed E-state index contributed by atoms with van der Waals surface area (Å²) in [5.74, 6) is 1.88. The molecule has 0 heterocycles. The van der Waals surface area contributed by atoms with Crippen molar-refractivity contribution in [1.29, 1.82) is 0 Å². The summed E-state index contributed by atoms with van der Waals surface area (Å²) in [7, 11) is -0.735. The number of carbonyl (C=O) groups excluding carboxylic acids is 1. The number of nitrogens with one attached hydrogen (secondary N) is 2. The minimum Gasteiger partial charge on any atom is -0.335 e. The first-order valence-electron chi connectivity index (χ1n) is 8.68. The van der Waals surface area contributed by atoms with E-state index in [9.17, 15) is 9.00 Å². The highest BCUT2D eigenvalue weighted by molar-refractivity contribution is 7.99. The molecule has 2 amide bonds. The van der Waals surface area contributed by atoms with Crippen molar-refractivity contribution in [2.24, 2.45) is 0 Å². The lowest BCUT2D eigenvalue weighted by Crippen LogP contribution is -2.48. The molecular weight excluding hydrogens is 316 g/mol. The molecule has 128 valence electrons. The first-order chi connectivity index (χ1) is 10.6. The summed E-state index contributed by atoms with van der Waals surface area (Å²) in [6.45, 7) is 4.17. The van der Waals surface area contributed by atoms with Crippen LogP contribution in [0, 0.1) is 0 Å². The number of thioether (sulfide) groups is 1. The summed E-state index contributed by atoms with van der Waals surface area (Å²) in [5, 5.41) is 7.22. The fraction of sp³-hybridized carbons (Fsp3) is 0.938. The van der Waals surface area contributed by atoms with Crippen molar-refractivity contribution in [1.82, 2.24) is 10.6 Å². The Hall–Kier alpha value is -0.230. The second kappa shape index (κ2) is 9.16. The molecule has 0 spiro atoms. The van der Waals surface area contributed by atoms with E-state index >= 15 is 0 Å². The van der Waals surface area contributed by atoms with E-state index in [1.165, 1.54) is 6.42 Å². The average molecular weight is 347 g/mol. The van der Waals surface area contributed by atoms with Gasteiger partial charge in [0.2, 0.25) is 0 Å². The van der Waals surface area contributed by atoms with Gasteiger partial charge in [0.25, 0.3) is 0 Å². The number of hydrogen-bond acceptors (Lipinski definition) is 3. The first kappa shape index (κ1) is 18.1. The minimum atomic E-state index is -0.735. The van der Waals surface area contributed by atoms with Crippen LogP contribution < -0.4 is 10.6 Å². The van der Waals surface area contributed by atoms with E-state index in [-0.39, 0.29) is 17.3 Å². The van der Waals surface area contributed by atoms with Gasteiger partial charge >= 0.3 is 6.03 Å². The van der Waals surface area contributed by atoms with E-state index in [0.29, 0.717) is 11.3 Å². The lowest BCUT2D eigenvalue weighted by molar-refractivity contribution is 0.229. The molecule has 6 heteroatoms. The highest BCUT2D eigenvalue weighted by Crippen LogP contribution is 2.29. The quantitative estimate of drug-likeness (QED) is 0.777. The summed E-state index contributed by atoms with van der Waals surface area (Å²) >= 11 is 2.01. The van der Waals surface area contributed by atoms with Crippen molar-refractivity contribution in [2.75, 3.05) is 11.5 Å². The van der Waals surface area contributed by atoms with Crippen molar-refractivity contribution in [2.45, 2.75) is 81.4 Å². The molecule has 2 saturated carbocycles. The van der Waals surface area contributed by atoms with Crippen LogP contribution in [0.5, 0.6) is 0 Å². The van der Waals surface area contributed by atoms with Crippen LogP contribution in [0.25, 0.3) is 0 Å². The van der Waals surface area contributed by atoms with Crippen LogP contribution in [-0.2, 0) is 10.8 Å². The van der Waals surface area contributed by atoms with Gasteiger partial charge in [0.1, 0.15) is 0 Å². The predicted octanol–water partition coefficient (Wildman–Crippen LogP) is 3.04. The zero-order valence-corrected chi connectivity index (χ0v) is 15.4. The van der Waals surface area contributed by atoms with Crippen LogP contribution in [0.1, 0.15) is 58.8 Å². The van der Waals surface area contributed by atoms with Gasteiger partial charge in [-0.05, 0) is 44.3 Å². The van der Waals surface area contributed by atoms with Crippen molar-refractivity contribution in [3.8, 4) is 0 Å². The zero-order chi connectivity index (χ0) is 15.9. The molecule has 4 nitrogen and oxygen atoms in total. The number of amides is 2. The Balaban J connectivity index is 1.72. The molecular formula is C16H30N2O2S2. The molecule has 0 unspecified atom stereocenters. The number of hydrogen-bond donors (Lipinski definition) is 2. The Kier molecular flexibility index (Phi) is 7.54. The van der Waals surface area contributed by atoms with E-state index < -0.39 is 10.8 Å². The second-order valence-corrected chi connectivity index (χ2v) is 9.94. The van der Waals surface area contributed by atoms with Gasteiger partial charge < -0.3 is 10.6 Å². The van der Waals surface area contributed by atoms with Gasteiger partial charge in [-0.25, -0.2) is 4.79 Å². The van der Waals surface area contributed by atoms with Gasteiger partial charge in [-0.2, -0.15) is 11.8 Å². The molecule has 0 aliphatic heterocycles. The van der Waals surface area contributed by atoms with Crippen LogP contribution in [0.2, 0.25) is 0 Å². The van der Waals surface area contributed by atoms with Crippen molar-refractivity contribution in [3.63, 3.8) is 0 Å². The Labute approximate surface area is 141 Å². The van der Waals surface area contributed by atoms with E-state index in [1.54, 1.807) is 0 Å². The Morgan fingerprint density at radius 2 is 1.82 bits per heavy atom. The first-order valence-corrected chi connectivity index (χ1v) is 11.1. The maximum absolute atomic E-state index is 12.2. The van der Waals surface area contributed by atoms with Gasteiger partial charge in [0.15, 0.2) is 0 Å². The van der Waals surface area contributed by atoms with Crippen LogP contribution in [0.15, 0.2) is 0 Å². The van der Waals surface area contributed by atoms with Gasteiger partial charge in [-0.3, -0.25) is 4.21 Å². The largest absolute Gasteiger partial charge is 0.335 e. The maximum atomic E-state index is 12.2. The molecule has 0 saturated heterocycles.